The molecule has 0 aromatic heterocycles. The predicted molar refractivity (Wildman–Crippen MR) is 49.3 cm³/mol. The van der Waals surface area contributed by atoms with Crippen LogP contribution in [0.4, 0.5) is 10.1 Å². The molecule has 0 atom stereocenters. The summed E-state index contributed by atoms with van der Waals surface area (Å²) in [5, 5.41) is 0. The Labute approximate surface area is 76.6 Å². The van der Waals surface area contributed by atoms with E-state index in [2.05, 4.69) is 6.92 Å². The molecule has 0 aliphatic carbocycles. The first-order chi connectivity index (χ1) is 5.88. The third kappa shape index (κ3) is 3.02. The number of anilines is 1. The summed E-state index contributed by atoms with van der Waals surface area (Å²) in [6.45, 7) is 3.50. The fourth-order valence-corrected chi connectivity index (χ4v) is 1.41. The van der Waals surface area contributed by atoms with Gasteiger partial charge in [-0.1, -0.05) is 6.07 Å². The maximum absolute atomic E-state index is 13.0. The molecule has 0 fully saturated rings. The lowest BCUT2D eigenvalue weighted by molar-refractivity contribution is 0.603. The minimum absolute atomic E-state index is 0.0603. The van der Waals surface area contributed by atoms with Gasteiger partial charge in [-0.05, 0) is 24.6 Å². The van der Waals surface area contributed by atoms with Crippen LogP contribution in [0.1, 0.15) is 5.56 Å². The Morgan fingerprint density at radius 2 is 2.08 bits per heavy atom. The van der Waals surface area contributed by atoms with Gasteiger partial charge in [-0.3, -0.25) is 4.72 Å². The summed E-state index contributed by atoms with van der Waals surface area (Å²) in [7, 11) is -3.42. The number of nitrogens with one attached hydrogen (secondary N) is 1. The van der Waals surface area contributed by atoms with E-state index in [0.29, 0.717) is 5.56 Å². The first-order valence-electron chi connectivity index (χ1n) is 3.48. The van der Waals surface area contributed by atoms with Crippen molar-refractivity contribution in [1.29, 1.82) is 0 Å². The lowest BCUT2D eigenvalue weighted by Crippen LogP contribution is -2.10. The first kappa shape index (κ1) is 9.98. The lowest BCUT2D eigenvalue weighted by Gasteiger charge is -2.04. The Morgan fingerprint density at radius 3 is 2.54 bits per heavy atom. The van der Waals surface area contributed by atoms with Crippen molar-refractivity contribution < 1.29 is 12.8 Å². The van der Waals surface area contributed by atoms with E-state index in [0.717, 1.165) is 12.3 Å². The molecule has 0 saturated carbocycles. The molecule has 0 spiro atoms. The highest BCUT2D eigenvalue weighted by Crippen LogP contribution is 2.15. The van der Waals surface area contributed by atoms with Crippen LogP contribution >= 0.6 is 0 Å². The molecule has 0 aliphatic rings. The van der Waals surface area contributed by atoms with Gasteiger partial charge in [0.1, 0.15) is 5.82 Å². The number of rotatable bonds is 2. The predicted octanol–water partition coefficient (Wildman–Crippen LogP) is 1.38. The lowest BCUT2D eigenvalue weighted by atomic mass is 10.2. The topological polar surface area (TPSA) is 46.2 Å². The molecular formula is C8H9FNO2S. The van der Waals surface area contributed by atoms with E-state index in [4.69, 9.17) is 0 Å². The van der Waals surface area contributed by atoms with E-state index in [1.54, 1.807) is 0 Å². The van der Waals surface area contributed by atoms with Gasteiger partial charge in [0.05, 0.1) is 11.9 Å². The summed E-state index contributed by atoms with van der Waals surface area (Å²) >= 11 is 0. The molecule has 1 rings (SSSR count). The smallest absolute Gasteiger partial charge is 0.229 e. The number of sulfonamides is 1. The highest BCUT2D eigenvalue weighted by molar-refractivity contribution is 7.92. The molecule has 3 nitrogen and oxygen atoms in total. The van der Waals surface area contributed by atoms with E-state index < -0.39 is 15.8 Å². The molecule has 71 valence electrons. The van der Waals surface area contributed by atoms with Crippen molar-refractivity contribution in [3.63, 3.8) is 0 Å². The van der Waals surface area contributed by atoms with Crippen molar-refractivity contribution in [1.82, 2.24) is 0 Å². The van der Waals surface area contributed by atoms with Gasteiger partial charge in [-0.2, -0.15) is 0 Å². The Kier molecular flexibility index (Phi) is 2.56. The second-order valence-electron chi connectivity index (χ2n) is 2.69. The second-order valence-corrected chi connectivity index (χ2v) is 4.44. The fourth-order valence-electron chi connectivity index (χ4n) is 0.841. The summed E-state index contributed by atoms with van der Waals surface area (Å²) in [6.07, 6.45) is 0.963. The zero-order valence-corrected chi connectivity index (χ0v) is 7.86. The van der Waals surface area contributed by atoms with Gasteiger partial charge in [0, 0.05) is 0 Å². The van der Waals surface area contributed by atoms with Crippen LogP contribution in [0.5, 0.6) is 0 Å². The van der Waals surface area contributed by atoms with Crippen molar-refractivity contribution in [2.75, 3.05) is 11.0 Å². The van der Waals surface area contributed by atoms with Crippen LogP contribution in [-0.4, -0.2) is 14.7 Å². The van der Waals surface area contributed by atoms with Gasteiger partial charge >= 0.3 is 0 Å². The average molecular weight is 202 g/mol. The second kappa shape index (κ2) is 3.33. The minimum atomic E-state index is -3.42. The Balaban J connectivity index is 3.04. The molecule has 0 amide bonds. The molecule has 1 aromatic carbocycles. The van der Waals surface area contributed by atoms with Gasteiger partial charge in [0.25, 0.3) is 0 Å². The maximum atomic E-state index is 13.0. The van der Waals surface area contributed by atoms with Crippen molar-refractivity contribution in [2.24, 2.45) is 0 Å². The largest absolute Gasteiger partial charge is 0.281 e. The van der Waals surface area contributed by atoms with Crippen LogP contribution in [0.25, 0.3) is 0 Å². The summed E-state index contributed by atoms with van der Waals surface area (Å²) < 4.78 is 36.5. The van der Waals surface area contributed by atoms with Crippen molar-refractivity contribution in [3.8, 4) is 0 Å². The highest BCUT2D eigenvalue weighted by atomic mass is 32.2. The van der Waals surface area contributed by atoms with Gasteiger partial charge in [-0.25, -0.2) is 12.8 Å². The van der Waals surface area contributed by atoms with Gasteiger partial charge in [0.2, 0.25) is 10.0 Å². The Hall–Kier alpha value is -1.10. The van der Waals surface area contributed by atoms with Crippen molar-refractivity contribution >= 4 is 15.7 Å². The molecule has 0 bridgehead atoms. The monoisotopic (exact) mass is 202 g/mol. The third-order valence-corrected chi connectivity index (χ3v) is 1.92. The quantitative estimate of drug-likeness (QED) is 0.787. The normalized spacial score (nSPS) is 11.3. The maximum Gasteiger partial charge on any atom is 0.229 e. The van der Waals surface area contributed by atoms with Gasteiger partial charge < -0.3 is 0 Å². The van der Waals surface area contributed by atoms with E-state index in [1.165, 1.54) is 12.1 Å². The van der Waals surface area contributed by atoms with E-state index in [-0.39, 0.29) is 5.69 Å². The molecule has 0 unspecified atom stereocenters. The molecule has 0 saturated heterocycles. The number of halogens is 1. The van der Waals surface area contributed by atoms with Crippen LogP contribution in [0.2, 0.25) is 0 Å². The van der Waals surface area contributed by atoms with Gasteiger partial charge in [0.15, 0.2) is 0 Å². The van der Waals surface area contributed by atoms with Crippen LogP contribution in [-0.2, 0) is 10.0 Å². The summed E-state index contributed by atoms with van der Waals surface area (Å²) in [6, 6.07) is 4.02. The third-order valence-electron chi connectivity index (χ3n) is 1.33. The summed E-state index contributed by atoms with van der Waals surface area (Å²) in [5.41, 5.74) is 0.437. The van der Waals surface area contributed by atoms with E-state index in [1.807, 2.05) is 4.72 Å². The van der Waals surface area contributed by atoms with Crippen LogP contribution < -0.4 is 4.72 Å². The number of hydrogen-bond acceptors (Lipinski definition) is 2. The molecule has 1 aromatic rings. The fraction of sp³-hybridized carbons (Fsp3) is 0.125. The van der Waals surface area contributed by atoms with Crippen LogP contribution in [0, 0.1) is 12.7 Å². The standard InChI is InChI=1S/C8H9FNO2S/c1-6-3-4-8(7(9)5-6)10-13(2,11)12/h3-5,10H,1H2,2H3. The molecule has 5 heteroatoms. The molecule has 0 heterocycles. The first-order valence-corrected chi connectivity index (χ1v) is 5.37. The molecule has 0 aliphatic heterocycles. The number of hydrogen-bond donors (Lipinski definition) is 1. The number of benzene rings is 1. The highest BCUT2D eigenvalue weighted by Gasteiger charge is 2.06. The van der Waals surface area contributed by atoms with Crippen LogP contribution in [0.3, 0.4) is 0 Å². The van der Waals surface area contributed by atoms with Gasteiger partial charge in [-0.15, -0.1) is 0 Å². The minimum Gasteiger partial charge on any atom is -0.281 e. The SMILES string of the molecule is [CH2]c1ccc(NS(C)(=O)=O)c(F)c1. The Bertz CT molecular complexity index is 414. The molecule has 13 heavy (non-hydrogen) atoms. The average Bonchev–Trinajstić information content (AvgIpc) is 1.93. The zero-order chi connectivity index (χ0) is 10.1. The van der Waals surface area contributed by atoms with E-state index in [9.17, 15) is 12.8 Å². The molecule has 1 N–H and O–H groups in total. The molecule has 1 radical (unpaired) electrons. The summed E-state index contributed by atoms with van der Waals surface area (Å²) in [5.74, 6) is -0.627. The van der Waals surface area contributed by atoms with Crippen molar-refractivity contribution in [3.05, 3.63) is 36.5 Å². The Morgan fingerprint density at radius 1 is 1.46 bits per heavy atom. The molecular weight excluding hydrogens is 193 g/mol. The van der Waals surface area contributed by atoms with E-state index >= 15 is 0 Å². The zero-order valence-electron chi connectivity index (χ0n) is 7.04. The van der Waals surface area contributed by atoms with Crippen molar-refractivity contribution in [2.45, 2.75) is 0 Å². The van der Waals surface area contributed by atoms with Crippen LogP contribution in [0.15, 0.2) is 18.2 Å². The summed E-state index contributed by atoms with van der Waals surface area (Å²) in [4.78, 5) is 0.